The van der Waals surface area contributed by atoms with Crippen LogP contribution in [0.25, 0.3) is 11.7 Å². The lowest BCUT2D eigenvalue weighted by Gasteiger charge is -2.36. The number of rotatable bonds is 5. The van der Waals surface area contributed by atoms with Crippen molar-refractivity contribution in [2.75, 3.05) is 37.6 Å². The molecule has 3 aromatic heterocycles. The fourth-order valence-electron chi connectivity index (χ4n) is 4.02. The molecule has 164 valence electrons. The minimum absolute atomic E-state index is 0.204. The molecule has 1 saturated heterocycles. The first kappa shape index (κ1) is 19.8. The maximum atomic E-state index is 11.5. The Labute approximate surface area is 178 Å². The number of H-pyrrole nitrogens is 2. The van der Waals surface area contributed by atoms with Crippen LogP contribution in [-0.2, 0) is 0 Å². The van der Waals surface area contributed by atoms with Crippen LogP contribution < -0.4 is 21.3 Å². The van der Waals surface area contributed by atoms with Crippen LogP contribution in [0.1, 0.15) is 32.4 Å². The maximum absolute atomic E-state index is 11.5. The molecule has 0 unspecified atom stereocenters. The van der Waals surface area contributed by atoms with Crippen LogP contribution in [0.5, 0.6) is 5.88 Å². The zero-order valence-corrected chi connectivity index (χ0v) is 17.9. The predicted molar refractivity (Wildman–Crippen MR) is 117 cm³/mol. The van der Waals surface area contributed by atoms with Crippen molar-refractivity contribution in [1.82, 2.24) is 29.5 Å². The van der Waals surface area contributed by atoms with E-state index in [9.17, 15) is 9.90 Å². The Morgan fingerprint density at radius 1 is 1.26 bits per heavy atom. The highest BCUT2D eigenvalue weighted by Crippen LogP contribution is 2.22. The third kappa shape index (κ3) is 4.20. The zero-order chi connectivity index (χ0) is 21.5. The van der Waals surface area contributed by atoms with Gasteiger partial charge in [0, 0.05) is 44.0 Å². The van der Waals surface area contributed by atoms with E-state index in [0.29, 0.717) is 28.5 Å². The minimum Gasteiger partial charge on any atom is -0.493 e. The van der Waals surface area contributed by atoms with Gasteiger partial charge in [0.15, 0.2) is 11.1 Å². The first-order valence-corrected chi connectivity index (χ1v) is 10.9. The quantitative estimate of drug-likeness (QED) is 0.524. The Morgan fingerprint density at radius 3 is 2.68 bits per heavy atom. The summed E-state index contributed by atoms with van der Waals surface area (Å²) in [7, 11) is 0. The van der Waals surface area contributed by atoms with Crippen molar-refractivity contribution >= 4 is 17.5 Å². The van der Waals surface area contributed by atoms with Crippen LogP contribution >= 0.6 is 0 Å². The second kappa shape index (κ2) is 7.84. The third-order valence-electron chi connectivity index (χ3n) is 5.68. The molecule has 1 aliphatic heterocycles. The van der Waals surface area contributed by atoms with Crippen LogP contribution in [0.2, 0.25) is 0 Å². The van der Waals surface area contributed by atoms with Gasteiger partial charge in [0.25, 0.3) is 0 Å². The minimum atomic E-state index is -0.461. The average molecular weight is 425 g/mol. The molecule has 2 fully saturated rings. The lowest BCUT2D eigenvalue weighted by atomic mass is 10.2. The second-order valence-electron chi connectivity index (χ2n) is 8.84. The van der Waals surface area contributed by atoms with Gasteiger partial charge in [0.05, 0.1) is 12.2 Å². The zero-order valence-electron chi connectivity index (χ0n) is 17.9. The molecule has 31 heavy (non-hydrogen) atoms. The Hall–Kier alpha value is -3.14. The second-order valence-corrected chi connectivity index (χ2v) is 8.84. The van der Waals surface area contributed by atoms with Crippen molar-refractivity contribution in [1.29, 1.82) is 0 Å². The highest BCUT2D eigenvalue weighted by atomic mass is 16.3. The number of fused-ring (bicyclic) bond motifs is 1. The van der Waals surface area contributed by atoms with E-state index in [0.717, 1.165) is 56.9 Å². The van der Waals surface area contributed by atoms with Gasteiger partial charge in [-0.15, -0.1) is 0 Å². The van der Waals surface area contributed by atoms with Gasteiger partial charge < -0.3 is 15.0 Å². The Morgan fingerprint density at radius 2 is 2.03 bits per heavy atom. The number of hydrogen-bond acceptors (Lipinski definition) is 7. The third-order valence-corrected chi connectivity index (χ3v) is 5.68. The van der Waals surface area contributed by atoms with Gasteiger partial charge in [-0.2, -0.15) is 9.61 Å². The average Bonchev–Trinajstić information content (AvgIpc) is 3.36. The van der Waals surface area contributed by atoms with E-state index in [1.54, 1.807) is 16.8 Å². The lowest BCUT2D eigenvalue weighted by molar-refractivity contribution is 0.231. The Bertz CT molecular complexity index is 1260. The van der Waals surface area contributed by atoms with Gasteiger partial charge in [-0.1, -0.05) is 13.8 Å². The van der Waals surface area contributed by atoms with E-state index in [1.165, 1.54) is 0 Å². The maximum Gasteiger partial charge on any atom is 0.326 e. The van der Waals surface area contributed by atoms with Crippen LogP contribution in [0.15, 0.2) is 22.1 Å². The highest BCUT2D eigenvalue weighted by molar-refractivity contribution is 5.58. The van der Waals surface area contributed by atoms with Crippen LogP contribution in [0.3, 0.4) is 0 Å². The molecule has 0 bridgehead atoms. The molecule has 0 radical (unpaired) electrons. The van der Waals surface area contributed by atoms with Crippen molar-refractivity contribution in [2.45, 2.75) is 32.7 Å². The summed E-state index contributed by atoms with van der Waals surface area (Å²) in [6, 6.07) is 2.37. The molecule has 0 atom stereocenters. The van der Waals surface area contributed by atoms with E-state index in [4.69, 9.17) is 9.98 Å². The van der Waals surface area contributed by atoms with Gasteiger partial charge >= 0.3 is 5.69 Å². The molecular formula is C21H28N8O2. The normalized spacial score (nSPS) is 19.3. The predicted octanol–water partition coefficient (Wildman–Crippen LogP) is -0.160. The first-order valence-electron chi connectivity index (χ1n) is 10.9. The van der Waals surface area contributed by atoms with Gasteiger partial charge in [-0.05, 0) is 24.8 Å². The number of aromatic hydroxyl groups is 1. The van der Waals surface area contributed by atoms with Crippen molar-refractivity contribution in [3.8, 4) is 5.88 Å². The summed E-state index contributed by atoms with van der Waals surface area (Å²) in [5.41, 5.74) is 1.29. The number of anilines is 1. The van der Waals surface area contributed by atoms with Gasteiger partial charge in [-0.25, -0.2) is 9.78 Å². The molecule has 2 aliphatic rings. The Kier molecular flexibility index (Phi) is 5.01. The van der Waals surface area contributed by atoms with Gasteiger partial charge in [0.2, 0.25) is 5.88 Å². The monoisotopic (exact) mass is 424 g/mol. The van der Waals surface area contributed by atoms with E-state index in [2.05, 4.69) is 38.7 Å². The molecule has 4 heterocycles. The largest absolute Gasteiger partial charge is 0.493 e. The summed E-state index contributed by atoms with van der Waals surface area (Å²) >= 11 is 0. The lowest BCUT2D eigenvalue weighted by Crippen LogP contribution is -2.48. The summed E-state index contributed by atoms with van der Waals surface area (Å²) in [4.78, 5) is 30.9. The first-order chi connectivity index (χ1) is 15.0. The van der Waals surface area contributed by atoms with Gasteiger partial charge in [0.1, 0.15) is 11.5 Å². The number of aromatic amines is 2. The molecule has 0 aromatic carbocycles. The molecule has 10 nitrogen and oxygen atoms in total. The van der Waals surface area contributed by atoms with Crippen molar-refractivity contribution < 1.29 is 5.11 Å². The highest BCUT2D eigenvalue weighted by Gasteiger charge is 2.22. The van der Waals surface area contributed by atoms with E-state index in [-0.39, 0.29) is 5.88 Å². The summed E-state index contributed by atoms with van der Waals surface area (Å²) in [6.07, 6.45) is 5.56. The van der Waals surface area contributed by atoms with Crippen molar-refractivity contribution in [3.05, 3.63) is 39.1 Å². The molecule has 5 rings (SSSR count). The van der Waals surface area contributed by atoms with E-state index >= 15 is 0 Å². The molecule has 0 amide bonds. The van der Waals surface area contributed by atoms with Crippen LogP contribution in [0.4, 0.5) is 5.82 Å². The molecule has 1 aliphatic carbocycles. The number of hydrogen-bond donors (Lipinski definition) is 3. The molecule has 10 heteroatoms. The van der Waals surface area contributed by atoms with Crippen LogP contribution in [-0.4, -0.2) is 73.3 Å². The fourth-order valence-corrected chi connectivity index (χ4v) is 4.02. The fraction of sp³-hybridized carbons (Fsp3) is 0.524. The standard InChI is InChI=1S/C21H28N8O2/c1-13(2)12-27-5-7-28(8-6-27)17-10-18(23-15-3-4-15)29-19(25-17)14(11-22-29)9-16-20(30)26-21(31)24-16/h9-11,13,15,30H,3-8,12H2,1-2H3,(H2,24,26,31)/b14-9-,23-18?. The summed E-state index contributed by atoms with van der Waals surface area (Å²) in [6.45, 7) is 9.47. The van der Waals surface area contributed by atoms with Crippen molar-refractivity contribution in [2.24, 2.45) is 10.9 Å². The van der Waals surface area contributed by atoms with Crippen LogP contribution in [0, 0.1) is 5.92 Å². The molecule has 3 aromatic rings. The number of nitrogens with zero attached hydrogens (tertiary/aromatic N) is 6. The molecular weight excluding hydrogens is 396 g/mol. The van der Waals surface area contributed by atoms with Gasteiger partial charge in [-0.3, -0.25) is 14.9 Å². The summed E-state index contributed by atoms with van der Waals surface area (Å²) in [5, 5.41) is 15.1. The number of piperazine rings is 1. The Balaban J connectivity index is 1.55. The topological polar surface area (TPSA) is 118 Å². The SMILES string of the molecule is CC(C)CN1CCN(c2cc(=NC3CC3)n3nc/c(=C/c4[nH]c(=O)[nH]c4O)c3n2)CC1. The number of nitrogens with one attached hydrogen (secondary N) is 2. The molecule has 0 spiro atoms. The van der Waals surface area contributed by atoms with Crippen molar-refractivity contribution in [3.63, 3.8) is 0 Å². The van der Waals surface area contributed by atoms with E-state index < -0.39 is 5.69 Å². The summed E-state index contributed by atoms with van der Waals surface area (Å²) in [5.74, 6) is 1.34. The van der Waals surface area contributed by atoms with E-state index in [1.807, 2.05) is 6.07 Å². The molecule has 1 saturated carbocycles. The number of imidazole rings is 1. The summed E-state index contributed by atoms with van der Waals surface area (Å²) < 4.78 is 1.74. The number of aromatic nitrogens is 5. The molecule has 3 N–H and O–H groups in total. The smallest absolute Gasteiger partial charge is 0.326 e.